The third-order valence-corrected chi connectivity index (χ3v) is 1.27. The van der Waals surface area contributed by atoms with Crippen molar-refractivity contribution in [1.82, 2.24) is 0 Å². The predicted octanol–water partition coefficient (Wildman–Crippen LogP) is 2.00. The van der Waals surface area contributed by atoms with Crippen LogP contribution in [0.15, 0.2) is 11.5 Å². The second-order valence-corrected chi connectivity index (χ2v) is 2.61. The van der Waals surface area contributed by atoms with Gasteiger partial charge in [0.25, 0.3) is 0 Å². The highest BCUT2D eigenvalue weighted by atomic mass is 35.5. The molecule has 0 saturated heterocycles. The highest BCUT2D eigenvalue weighted by Gasteiger charge is 2.11. The first-order chi connectivity index (χ1) is 4.46. The molecule has 0 aliphatic rings. The van der Waals surface area contributed by atoms with E-state index < -0.39 is 5.95 Å². The standard InChI is InChI=1S/C6H10ClFN2/c1-3(2)4(5(7)9)6(8)10/h3,9H,10H2,1-2H3/b6-4-,9-5?. The van der Waals surface area contributed by atoms with Crippen LogP contribution in [0.2, 0.25) is 0 Å². The summed E-state index contributed by atoms with van der Waals surface area (Å²) in [4.78, 5) is 0. The quantitative estimate of drug-likeness (QED) is 0.476. The van der Waals surface area contributed by atoms with E-state index in [0.717, 1.165) is 0 Å². The van der Waals surface area contributed by atoms with E-state index in [9.17, 15) is 4.39 Å². The predicted molar refractivity (Wildman–Crippen MR) is 40.7 cm³/mol. The first-order valence-electron chi connectivity index (χ1n) is 2.86. The Morgan fingerprint density at radius 2 is 2.00 bits per heavy atom. The molecule has 0 atom stereocenters. The molecule has 0 amide bonds. The minimum Gasteiger partial charge on any atom is -0.375 e. The summed E-state index contributed by atoms with van der Waals surface area (Å²) >= 11 is 5.24. The SMILES string of the molecule is CC(C)/C(C(=N)Cl)=C(/N)F. The van der Waals surface area contributed by atoms with Gasteiger partial charge in [0.2, 0.25) is 0 Å². The van der Waals surface area contributed by atoms with Gasteiger partial charge in [0.15, 0.2) is 5.95 Å². The zero-order valence-corrected chi connectivity index (χ0v) is 6.67. The van der Waals surface area contributed by atoms with E-state index >= 15 is 0 Å². The van der Waals surface area contributed by atoms with Crippen LogP contribution < -0.4 is 5.73 Å². The topological polar surface area (TPSA) is 49.9 Å². The van der Waals surface area contributed by atoms with Crippen LogP contribution in [0.3, 0.4) is 0 Å². The van der Waals surface area contributed by atoms with Gasteiger partial charge in [0, 0.05) is 5.57 Å². The molecule has 0 aromatic heterocycles. The fraction of sp³-hybridized carbons (Fsp3) is 0.500. The number of allylic oxidation sites excluding steroid dienone is 1. The summed E-state index contributed by atoms with van der Waals surface area (Å²) in [6.45, 7) is 3.44. The Labute approximate surface area is 64.4 Å². The lowest BCUT2D eigenvalue weighted by molar-refractivity contribution is 0.597. The fourth-order valence-corrected chi connectivity index (χ4v) is 0.943. The fourth-order valence-electron chi connectivity index (χ4n) is 0.634. The molecule has 0 aromatic carbocycles. The monoisotopic (exact) mass is 164 g/mol. The van der Waals surface area contributed by atoms with E-state index in [-0.39, 0.29) is 16.7 Å². The molecule has 0 radical (unpaired) electrons. The molecule has 0 fully saturated rings. The summed E-state index contributed by atoms with van der Waals surface area (Å²) in [6, 6.07) is 0. The molecule has 0 aliphatic heterocycles. The van der Waals surface area contributed by atoms with Gasteiger partial charge in [-0.2, -0.15) is 4.39 Å². The van der Waals surface area contributed by atoms with Gasteiger partial charge in [0.05, 0.1) is 0 Å². The Morgan fingerprint density at radius 3 is 2.00 bits per heavy atom. The van der Waals surface area contributed by atoms with Crippen molar-refractivity contribution in [2.24, 2.45) is 11.7 Å². The van der Waals surface area contributed by atoms with Crippen LogP contribution >= 0.6 is 11.6 Å². The molecule has 10 heavy (non-hydrogen) atoms. The van der Waals surface area contributed by atoms with Crippen molar-refractivity contribution in [2.75, 3.05) is 0 Å². The molecule has 0 rings (SSSR count). The van der Waals surface area contributed by atoms with Gasteiger partial charge >= 0.3 is 0 Å². The van der Waals surface area contributed by atoms with Crippen molar-refractivity contribution in [3.05, 3.63) is 11.5 Å². The maximum Gasteiger partial charge on any atom is 0.191 e. The van der Waals surface area contributed by atoms with Gasteiger partial charge in [-0.1, -0.05) is 25.4 Å². The lowest BCUT2D eigenvalue weighted by Gasteiger charge is -2.06. The molecule has 0 aliphatic carbocycles. The summed E-state index contributed by atoms with van der Waals surface area (Å²) in [5.41, 5.74) is 4.90. The molecular formula is C6H10ClFN2. The minimum absolute atomic E-state index is 0.0710. The van der Waals surface area contributed by atoms with Crippen molar-refractivity contribution in [2.45, 2.75) is 13.8 Å². The molecule has 0 aromatic rings. The third-order valence-electron chi connectivity index (χ3n) is 1.07. The average Bonchev–Trinajstić information content (AvgIpc) is 1.59. The highest BCUT2D eigenvalue weighted by molar-refractivity contribution is 6.68. The van der Waals surface area contributed by atoms with Gasteiger partial charge in [-0.3, -0.25) is 5.41 Å². The lowest BCUT2D eigenvalue weighted by atomic mass is 10.1. The van der Waals surface area contributed by atoms with Crippen molar-refractivity contribution < 1.29 is 4.39 Å². The maximum atomic E-state index is 12.3. The molecule has 58 valence electrons. The number of hydrogen-bond donors (Lipinski definition) is 2. The second kappa shape index (κ2) is 3.56. The Hall–Kier alpha value is -0.570. The normalized spacial score (nSPS) is 13.3. The molecule has 0 saturated carbocycles. The Balaban J connectivity index is 4.61. The van der Waals surface area contributed by atoms with Crippen LogP contribution in [0.4, 0.5) is 4.39 Å². The van der Waals surface area contributed by atoms with E-state index in [2.05, 4.69) is 0 Å². The van der Waals surface area contributed by atoms with Crippen molar-refractivity contribution >= 4 is 16.8 Å². The van der Waals surface area contributed by atoms with Crippen molar-refractivity contribution in [3.63, 3.8) is 0 Å². The van der Waals surface area contributed by atoms with Crippen LogP contribution in [-0.2, 0) is 0 Å². The molecule has 3 N–H and O–H groups in total. The first kappa shape index (κ1) is 9.43. The molecule has 0 unspecified atom stereocenters. The van der Waals surface area contributed by atoms with E-state index in [0.29, 0.717) is 0 Å². The average molecular weight is 165 g/mol. The Bertz CT molecular complexity index is 171. The number of nitrogens with one attached hydrogen (secondary N) is 1. The molecule has 4 heteroatoms. The lowest BCUT2D eigenvalue weighted by Crippen LogP contribution is -2.08. The molecule has 0 heterocycles. The first-order valence-corrected chi connectivity index (χ1v) is 3.24. The molecule has 0 spiro atoms. The van der Waals surface area contributed by atoms with E-state index in [4.69, 9.17) is 22.7 Å². The number of nitrogens with two attached hydrogens (primary N) is 1. The second-order valence-electron chi connectivity index (χ2n) is 2.23. The van der Waals surface area contributed by atoms with Crippen LogP contribution in [0.25, 0.3) is 0 Å². The highest BCUT2D eigenvalue weighted by Crippen LogP contribution is 2.15. The van der Waals surface area contributed by atoms with Crippen LogP contribution in [0, 0.1) is 11.3 Å². The van der Waals surface area contributed by atoms with E-state index in [1.54, 1.807) is 13.8 Å². The summed E-state index contributed by atoms with van der Waals surface area (Å²) in [5.74, 6) is -1.01. The van der Waals surface area contributed by atoms with E-state index in [1.807, 2.05) is 0 Å². The zero-order valence-electron chi connectivity index (χ0n) is 5.91. The molecule has 0 bridgehead atoms. The van der Waals surface area contributed by atoms with Gasteiger partial charge in [0.1, 0.15) is 5.17 Å². The van der Waals surface area contributed by atoms with E-state index in [1.165, 1.54) is 0 Å². The summed E-state index contributed by atoms with van der Waals surface area (Å²) in [6.07, 6.45) is 0. The summed E-state index contributed by atoms with van der Waals surface area (Å²) < 4.78 is 12.3. The van der Waals surface area contributed by atoms with Gasteiger partial charge in [-0.15, -0.1) is 0 Å². The number of halogens is 2. The third kappa shape index (κ3) is 2.35. The van der Waals surface area contributed by atoms with Gasteiger partial charge in [-0.05, 0) is 5.92 Å². The zero-order chi connectivity index (χ0) is 8.31. The number of rotatable bonds is 2. The van der Waals surface area contributed by atoms with Crippen LogP contribution in [0.5, 0.6) is 0 Å². The Morgan fingerprint density at radius 1 is 1.60 bits per heavy atom. The van der Waals surface area contributed by atoms with Gasteiger partial charge in [-0.25, -0.2) is 0 Å². The van der Waals surface area contributed by atoms with Crippen LogP contribution in [-0.4, -0.2) is 5.17 Å². The van der Waals surface area contributed by atoms with Gasteiger partial charge < -0.3 is 5.73 Å². The minimum atomic E-state index is -0.866. The summed E-state index contributed by atoms with van der Waals surface area (Å²) in [5, 5.41) is 6.58. The summed E-state index contributed by atoms with van der Waals surface area (Å²) in [7, 11) is 0. The molecular weight excluding hydrogens is 155 g/mol. The van der Waals surface area contributed by atoms with Crippen LogP contribution in [0.1, 0.15) is 13.8 Å². The molecule has 2 nitrogen and oxygen atoms in total. The smallest absolute Gasteiger partial charge is 0.191 e. The van der Waals surface area contributed by atoms with Crippen molar-refractivity contribution in [3.8, 4) is 0 Å². The Kier molecular flexibility index (Phi) is 3.36. The maximum absolute atomic E-state index is 12.3. The number of hydrogen-bond acceptors (Lipinski definition) is 2. The van der Waals surface area contributed by atoms with Crippen molar-refractivity contribution in [1.29, 1.82) is 5.41 Å². The largest absolute Gasteiger partial charge is 0.375 e.